The van der Waals surface area contributed by atoms with Crippen LogP contribution in [0, 0.1) is 5.92 Å². The predicted octanol–water partition coefficient (Wildman–Crippen LogP) is 0.569. The summed E-state index contributed by atoms with van der Waals surface area (Å²) in [6.45, 7) is 3.92. The van der Waals surface area contributed by atoms with E-state index in [1.807, 2.05) is 13.8 Å². The third kappa shape index (κ3) is 3.04. The van der Waals surface area contributed by atoms with Crippen molar-refractivity contribution in [1.29, 1.82) is 0 Å². The molecule has 9 heavy (non-hydrogen) atoms. The first-order valence-corrected chi connectivity index (χ1v) is 3.62. The molecular weight excluding hydrogens is 138 g/mol. The van der Waals surface area contributed by atoms with Crippen LogP contribution >= 0.6 is 11.6 Å². The zero-order valence-corrected chi connectivity index (χ0v) is 6.60. The first-order valence-electron chi connectivity index (χ1n) is 3.09. The average molecular weight is 152 g/mol. The molecule has 0 heterocycles. The van der Waals surface area contributed by atoms with Crippen molar-refractivity contribution in [3.8, 4) is 0 Å². The summed E-state index contributed by atoms with van der Waals surface area (Å²) in [5.41, 5.74) is 5.54. The van der Waals surface area contributed by atoms with Gasteiger partial charge >= 0.3 is 0 Å². The fourth-order valence-electron chi connectivity index (χ4n) is 0.547. The lowest BCUT2D eigenvalue weighted by Crippen LogP contribution is -2.40. The monoisotopic (exact) mass is 151 g/mol. The maximum absolute atomic E-state index is 9.04. The molecule has 0 aliphatic rings. The van der Waals surface area contributed by atoms with Crippen LogP contribution < -0.4 is 5.73 Å². The number of rotatable bonds is 3. The van der Waals surface area contributed by atoms with Crippen LogP contribution in [0.2, 0.25) is 0 Å². The average Bonchev–Trinajstić information content (AvgIpc) is 1.84. The Morgan fingerprint density at radius 1 is 1.56 bits per heavy atom. The highest BCUT2D eigenvalue weighted by Crippen LogP contribution is 2.04. The molecule has 0 rings (SSSR count). The Bertz CT molecular complexity index is 77.5. The summed E-state index contributed by atoms with van der Waals surface area (Å²) < 4.78 is 0. The zero-order chi connectivity index (χ0) is 7.44. The van der Waals surface area contributed by atoms with Crippen LogP contribution in [0.4, 0.5) is 0 Å². The van der Waals surface area contributed by atoms with Crippen molar-refractivity contribution in [3.63, 3.8) is 0 Å². The van der Waals surface area contributed by atoms with Crippen molar-refractivity contribution >= 4 is 11.6 Å². The molecule has 3 N–H and O–H groups in total. The van der Waals surface area contributed by atoms with E-state index in [4.69, 9.17) is 22.4 Å². The van der Waals surface area contributed by atoms with Crippen molar-refractivity contribution in [1.82, 2.24) is 0 Å². The second-order valence-corrected chi connectivity index (χ2v) is 2.85. The van der Waals surface area contributed by atoms with Gasteiger partial charge in [-0.2, -0.15) is 0 Å². The molecule has 0 fully saturated rings. The fraction of sp³-hybridized carbons (Fsp3) is 1.00. The van der Waals surface area contributed by atoms with Gasteiger partial charge in [-0.05, 0) is 5.92 Å². The van der Waals surface area contributed by atoms with E-state index in [0.717, 1.165) is 0 Å². The molecule has 0 aromatic heterocycles. The highest BCUT2D eigenvalue weighted by Gasteiger charge is 2.16. The Morgan fingerprint density at radius 3 is 2.11 bits per heavy atom. The second kappa shape index (κ2) is 4.09. The van der Waals surface area contributed by atoms with Gasteiger partial charge in [0.1, 0.15) is 0 Å². The Hall–Kier alpha value is 0.210. The Morgan fingerprint density at radius 2 is 2.00 bits per heavy atom. The van der Waals surface area contributed by atoms with Gasteiger partial charge in [0.05, 0.1) is 6.10 Å². The first-order chi connectivity index (χ1) is 4.09. The maximum atomic E-state index is 9.04. The van der Waals surface area contributed by atoms with Crippen molar-refractivity contribution in [2.45, 2.75) is 26.0 Å². The predicted molar refractivity (Wildman–Crippen MR) is 39.5 cm³/mol. The summed E-state index contributed by atoms with van der Waals surface area (Å²) in [7, 11) is 0. The molecular formula is C6H14ClNO. The van der Waals surface area contributed by atoms with E-state index < -0.39 is 6.10 Å². The van der Waals surface area contributed by atoms with Gasteiger partial charge in [0.15, 0.2) is 0 Å². The van der Waals surface area contributed by atoms with Crippen LogP contribution in [0.3, 0.4) is 0 Å². The fourth-order valence-corrected chi connectivity index (χ4v) is 0.753. The number of alkyl halides is 1. The van der Waals surface area contributed by atoms with Crippen molar-refractivity contribution in [2.75, 3.05) is 5.88 Å². The van der Waals surface area contributed by atoms with E-state index in [9.17, 15) is 0 Å². The molecule has 0 spiro atoms. The van der Waals surface area contributed by atoms with Gasteiger partial charge in [-0.1, -0.05) is 13.8 Å². The smallest absolute Gasteiger partial charge is 0.0828 e. The third-order valence-corrected chi connectivity index (χ3v) is 1.69. The molecule has 0 aliphatic heterocycles. The van der Waals surface area contributed by atoms with Crippen molar-refractivity contribution < 1.29 is 5.11 Å². The zero-order valence-electron chi connectivity index (χ0n) is 5.84. The molecule has 56 valence electrons. The van der Waals surface area contributed by atoms with Crippen LogP contribution in [0.25, 0.3) is 0 Å². The van der Waals surface area contributed by atoms with Gasteiger partial charge in [0.25, 0.3) is 0 Å². The molecule has 0 aromatic carbocycles. The molecule has 0 aliphatic carbocycles. The number of nitrogens with two attached hydrogens (primary N) is 1. The largest absolute Gasteiger partial charge is 0.390 e. The Kier molecular flexibility index (Phi) is 4.19. The van der Waals surface area contributed by atoms with Gasteiger partial charge in [0, 0.05) is 11.9 Å². The topological polar surface area (TPSA) is 46.2 Å². The number of aliphatic hydroxyl groups is 1. The van der Waals surface area contributed by atoms with E-state index in [1.54, 1.807) is 0 Å². The van der Waals surface area contributed by atoms with Gasteiger partial charge in [-0.25, -0.2) is 0 Å². The normalized spacial score (nSPS) is 18.0. The number of halogens is 1. The molecule has 0 bridgehead atoms. The number of hydrogen-bond acceptors (Lipinski definition) is 2. The van der Waals surface area contributed by atoms with Crippen molar-refractivity contribution in [3.05, 3.63) is 0 Å². The Labute approximate surface area is 61.0 Å². The van der Waals surface area contributed by atoms with Crippen LogP contribution in [0.1, 0.15) is 13.8 Å². The van der Waals surface area contributed by atoms with Gasteiger partial charge < -0.3 is 10.8 Å². The van der Waals surface area contributed by atoms with Crippen LogP contribution in [0.5, 0.6) is 0 Å². The molecule has 0 saturated carbocycles. The van der Waals surface area contributed by atoms with Crippen LogP contribution in [-0.4, -0.2) is 23.1 Å². The molecule has 2 unspecified atom stereocenters. The highest BCUT2D eigenvalue weighted by molar-refractivity contribution is 6.18. The quantitative estimate of drug-likeness (QED) is 0.580. The summed E-state index contributed by atoms with van der Waals surface area (Å²) in [6.07, 6.45) is -0.563. The number of aliphatic hydroxyl groups excluding tert-OH is 1. The lowest BCUT2D eigenvalue weighted by molar-refractivity contribution is 0.145. The molecule has 3 heteroatoms. The molecule has 2 atom stereocenters. The first kappa shape index (κ1) is 9.21. The summed E-state index contributed by atoms with van der Waals surface area (Å²) in [5, 5.41) is 9.04. The van der Waals surface area contributed by atoms with E-state index in [0.29, 0.717) is 5.92 Å². The van der Waals surface area contributed by atoms with E-state index in [1.165, 1.54) is 0 Å². The standard InChI is InChI=1S/C6H14ClNO/c1-4(2)6(8)5(9)3-7/h4-6,9H,3,8H2,1-2H3. The minimum atomic E-state index is -0.563. The molecule has 0 aromatic rings. The second-order valence-electron chi connectivity index (χ2n) is 2.54. The van der Waals surface area contributed by atoms with Crippen LogP contribution in [-0.2, 0) is 0 Å². The minimum absolute atomic E-state index is 0.192. The van der Waals surface area contributed by atoms with Gasteiger partial charge in [-0.15, -0.1) is 11.6 Å². The summed E-state index contributed by atoms with van der Waals surface area (Å²) in [6, 6.07) is -0.192. The summed E-state index contributed by atoms with van der Waals surface area (Å²) >= 11 is 5.36. The lowest BCUT2D eigenvalue weighted by atomic mass is 10.0. The summed E-state index contributed by atoms with van der Waals surface area (Å²) in [5.74, 6) is 0.512. The van der Waals surface area contributed by atoms with E-state index in [2.05, 4.69) is 0 Å². The maximum Gasteiger partial charge on any atom is 0.0828 e. The van der Waals surface area contributed by atoms with E-state index in [-0.39, 0.29) is 11.9 Å². The minimum Gasteiger partial charge on any atom is -0.390 e. The SMILES string of the molecule is CC(C)C(N)C(O)CCl. The highest BCUT2D eigenvalue weighted by atomic mass is 35.5. The number of hydrogen-bond donors (Lipinski definition) is 2. The van der Waals surface area contributed by atoms with Gasteiger partial charge in [0.2, 0.25) is 0 Å². The van der Waals surface area contributed by atoms with Crippen molar-refractivity contribution in [2.24, 2.45) is 11.7 Å². The molecule has 0 saturated heterocycles. The summed E-state index contributed by atoms with van der Waals surface area (Å²) in [4.78, 5) is 0. The lowest BCUT2D eigenvalue weighted by Gasteiger charge is -2.19. The van der Waals surface area contributed by atoms with Gasteiger partial charge in [-0.3, -0.25) is 0 Å². The third-order valence-electron chi connectivity index (χ3n) is 1.37. The van der Waals surface area contributed by atoms with E-state index >= 15 is 0 Å². The Balaban J connectivity index is 3.58. The molecule has 0 amide bonds. The molecule has 0 radical (unpaired) electrons. The van der Waals surface area contributed by atoms with Crippen LogP contribution in [0.15, 0.2) is 0 Å². The molecule has 2 nitrogen and oxygen atoms in total.